The van der Waals surface area contributed by atoms with Crippen LogP contribution >= 0.6 is 0 Å². The molecule has 0 saturated heterocycles. The highest BCUT2D eigenvalue weighted by molar-refractivity contribution is 5.94. The Labute approximate surface area is 187 Å². The second-order valence-corrected chi connectivity index (χ2v) is 7.19. The number of aliphatic hydroxyl groups is 2. The van der Waals surface area contributed by atoms with Gasteiger partial charge in [0.05, 0.1) is 19.0 Å². The first-order chi connectivity index (χ1) is 15.5. The van der Waals surface area contributed by atoms with Gasteiger partial charge in [0.1, 0.15) is 18.1 Å². The molecule has 0 fully saturated rings. The number of aromatic amines is 1. The number of hydrogen-bond donors (Lipinski definition) is 9. The van der Waals surface area contributed by atoms with E-state index >= 15 is 0 Å². The first kappa shape index (κ1) is 27.5. The number of aliphatic hydroxyl groups excluding tert-OH is 2. The summed E-state index contributed by atoms with van der Waals surface area (Å²) in [7, 11) is 0. The molecule has 5 atom stereocenters. The molecule has 0 radical (unpaired) electrons. The minimum Gasteiger partial charge on any atom is -0.481 e. The van der Waals surface area contributed by atoms with Crippen molar-refractivity contribution in [2.24, 2.45) is 5.73 Å². The molecule has 3 amide bonds. The fourth-order valence-corrected chi connectivity index (χ4v) is 2.64. The Kier molecular flexibility index (Phi) is 10.9. The molecule has 0 spiro atoms. The van der Waals surface area contributed by atoms with Crippen molar-refractivity contribution in [1.29, 1.82) is 0 Å². The van der Waals surface area contributed by atoms with Gasteiger partial charge in [0.15, 0.2) is 6.04 Å². The van der Waals surface area contributed by atoms with Crippen LogP contribution in [-0.2, 0) is 30.4 Å². The molecule has 0 aromatic carbocycles. The third kappa shape index (κ3) is 9.22. The molecular formula is C18H28N6O9. The molecule has 1 aromatic rings. The van der Waals surface area contributed by atoms with Crippen LogP contribution in [0.3, 0.4) is 0 Å². The summed E-state index contributed by atoms with van der Waals surface area (Å²) in [6.45, 7) is 0.439. The summed E-state index contributed by atoms with van der Waals surface area (Å²) < 4.78 is 0. The number of H-pyrrole nitrogens is 1. The highest BCUT2D eigenvalue weighted by Gasteiger charge is 2.32. The quantitative estimate of drug-likeness (QED) is 0.126. The van der Waals surface area contributed by atoms with Gasteiger partial charge in [-0.05, 0) is 13.3 Å². The number of carboxylic acids is 2. The van der Waals surface area contributed by atoms with Gasteiger partial charge in [-0.3, -0.25) is 19.2 Å². The Hall–Kier alpha value is -3.56. The van der Waals surface area contributed by atoms with E-state index in [0.717, 1.165) is 6.92 Å². The zero-order valence-corrected chi connectivity index (χ0v) is 17.7. The predicted molar refractivity (Wildman–Crippen MR) is 109 cm³/mol. The van der Waals surface area contributed by atoms with Crippen molar-refractivity contribution < 1.29 is 44.4 Å². The van der Waals surface area contributed by atoms with E-state index < -0.39 is 79.4 Å². The molecule has 33 heavy (non-hydrogen) atoms. The summed E-state index contributed by atoms with van der Waals surface area (Å²) >= 11 is 0. The number of hydrogen-bond acceptors (Lipinski definition) is 9. The number of nitrogens with zero attached hydrogens (tertiary/aromatic N) is 1. The predicted octanol–water partition coefficient (Wildman–Crippen LogP) is -3.94. The number of aromatic nitrogens is 2. The lowest BCUT2D eigenvalue weighted by molar-refractivity contribution is -0.145. The molecule has 0 saturated carbocycles. The van der Waals surface area contributed by atoms with Gasteiger partial charge in [-0.1, -0.05) is 0 Å². The molecule has 5 unspecified atom stereocenters. The van der Waals surface area contributed by atoms with E-state index in [0.29, 0.717) is 5.69 Å². The molecule has 0 aliphatic rings. The Morgan fingerprint density at radius 1 is 1.06 bits per heavy atom. The summed E-state index contributed by atoms with van der Waals surface area (Å²) in [5.41, 5.74) is 5.89. The van der Waals surface area contributed by atoms with E-state index in [1.54, 1.807) is 0 Å². The summed E-state index contributed by atoms with van der Waals surface area (Å²) in [6, 6.07) is -5.83. The maximum absolute atomic E-state index is 12.9. The summed E-state index contributed by atoms with van der Waals surface area (Å²) in [5, 5.41) is 43.3. The Balaban J connectivity index is 3.06. The fraction of sp³-hybridized carbons (Fsp3) is 0.556. The van der Waals surface area contributed by atoms with Gasteiger partial charge in [-0.2, -0.15) is 0 Å². The van der Waals surface area contributed by atoms with Crippen LogP contribution in [0.1, 0.15) is 25.5 Å². The van der Waals surface area contributed by atoms with Gasteiger partial charge in [0, 0.05) is 24.7 Å². The van der Waals surface area contributed by atoms with E-state index in [1.807, 2.05) is 5.32 Å². The van der Waals surface area contributed by atoms with Crippen molar-refractivity contribution in [1.82, 2.24) is 25.9 Å². The molecule has 0 bridgehead atoms. The monoisotopic (exact) mass is 472 g/mol. The van der Waals surface area contributed by atoms with Crippen LogP contribution in [0.5, 0.6) is 0 Å². The zero-order chi connectivity index (χ0) is 25.1. The lowest BCUT2D eigenvalue weighted by Gasteiger charge is -2.25. The van der Waals surface area contributed by atoms with E-state index in [-0.39, 0.29) is 6.42 Å². The smallest absolute Gasteiger partial charge is 0.328 e. The van der Waals surface area contributed by atoms with Gasteiger partial charge in [-0.25, -0.2) is 9.78 Å². The highest BCUT2D eigenvalue weighted by Crippen LogP contribution is 2.05. The number of carbonyl (C=O) groups excluding carboxylic acids is 3. The summed E-state index contributed by atoms with van der Waals surface area (Å²) in [6.07, 6.45) is 0.172. The van der Waals surface area contributed by atoms with Crippen LogP contribution in [0, 0.1) is 0 Å². The van der Waals surface area contributed by atoms with Gasteiger partial charge >= 0.3 is 11.9 Å². The normalized spacial score (nSPS) is 15.4. The topological polar surface area (TPSA) is 257 Å². The number of carbonyl (C=O) groups is 5. The standard InChI is InChI=1S/C18H28N6O9/c1-8(26)14(18(32)33)24-16(30)11(2-3-13(27)28)22-17(31)12(4-9-5-20-7-21-9)23-15(29)10(19)6-25/h5,7-8,10-12,14,25-26H,2-4,6,19H2,1H3,(H,20,21)(H,22,31)(H,23,29)(H,24,30)(H,27,28)(H,32,33). The molecule has 1 heterocycles. The van der Waals surface area contributed by atoms with Gasteiger partial charge < -0.3 is 47.1 Å². The Morgan fingerprint density at radius 3 is 2.15 bits per heavy atom. The second kappa shape index (κ2) is 13.1. The van der Waals surface area contributed by atoms with Crippen LogP contribution in [0.15, 0.2) is 12.5 Å². The first-order valence-corrected chi connectivity index (χ1v) is 9.83. The molecule has 0 aliphatic carbocycles. The number of nitrogens with one attached hydrogen (secondary N) is 4. The molecule has 15 heteroatoms. The second-order valence-electron chi connectivity index (χ2n) is 7.19. The lowest BCUT2D eigenvalue weighted by Crippen LogP contribution is -2.59. The molecule has 184 valence electrons. The third-order valence-corrected chi connectivity index (χ3v) is 4.47. The Bertz CT molecular complexity index is 829. The van der Waals surface area contributed by atoms with Crippen LogP contribution in [0.4, 0.5) is 0 Å². The molecule has 1 rings (SSSR count). The van der Waals surface area contributed by atoms with Crippen LogP contribution < -0.4 is 21.7 Å². The van der Waals surface area contributed by atoms with Gasteiger partial charge in [-0.15, -0.1) is 0 Å². The molecule has 15 nitrogen and oxygen atoms in total. The van der Waals surface area contributed by atoms with Crippen molar-refractivity contribution in [2.45, 2.75) is 56.5 Å². The maximum atomic E-state index is 12.9. The molecule has 10 N–H and O–H groups in total. The number of carboxylic acid groups (broad SMARTS) is 2. The first-order valence-electron chi connectivity index (χ1n) is 9.83. The molecule has 1 aromatic heterocycles. The van der Waals surface area contributed by atoms with E-state index in [9.17, 15) is 29.1 Å². The van der Waals surface area contributed by atoms with E-state index in [4.69, 9.17) is 21.1 Å². The average molecular weight is 472 g/mol. The summed E-state index contributed by atoms with van der Waals surface area (Å²) in [5.74, 6) is -5.62. The van der Waals surface area contributed by atoms with E-state index in [1.165, 1.54) is 12.5 Å². The van der Waals surface area contributed by atoms with Crippen LogP contribution in [-0.4, -0.2) is 96.9 Å². The summed E-state index contributed by atoms with van der Waals surface area (Å²) in [4.78, 5) is 66.3. The van der Waals surface area contributed by atoms with Crippen molar-refractivity contribution in [3.63, 3.8) is 0 Å². The lowest BCUT2D eigenvalue weighted by atomic mass is 10.1. The van der Waals surface area contributed by atoms with Crippen molar-refractivity contribution in [3.8, 4) is 0 Å². The third-order valence-electron chi connectivity index (χ3n) is 4.47. The van der Waals surface area contributed by atoms with Crippen LogP contribution in [0.2, 0.25) is 0 Å². The number of rotatable bonds is 14. The number of aliphatic carboxylic acids is 2. The van der Waals surface area contributed by atoms with Crippen molar-refractivity contribution >= 4 is 29.7 Å². The minimum atomic E-state index is -1.70. The SMILES string of the molecule is CC(O)C(NC(=O)C(CCC(=O)O)NC(=O)C(Cc1cnc[nH]1)NC(=O)C(N)CO)C(=O)O. The highest BCUT2D eigenvalue weighted by atomic mass is 16.4. The zero-order valence-electron chi connectivity index (χ0n) is 17.7. The number of amides is 3. The van der Waals surface area contributed by atoms with Crippen molar-refractivity contribution in [2.75, 3.05) is 6.61 Å². The largest absolute Gasteiger partial charge is 0.481 e. The van der Waals surface area contributed by atoms with Crippen molar-refractivity contribution in [3.05, 3.63) is 18.2 Å². The maximum Gasteiger partial charge on any atom is 0.328 e. The Morgan fingerprint density at radius 2 is 1.67 bits per heavy atom. The fourth-order valence-electron chi connectivity index (χ4n) is 2.64. The molecular weight excluding hydrogens is 444 g/mol. The van der Waals surface area contributed by atoms with E-state index in [2.05, 4.69) is 20.6 Å². The van der Waals surface area contributed by atoms with Gasteiger partial charge in [0.25, 0.3) is 0 Å². The minimum absolute atomic E-state index is 0.117. The van der Waals surface area contributed by atoms with Gasteiger partial charge in [0.2, 0.25) is 17.7 Å². The number of imidazole rings is 1. The average Bonchev–Trinajstić information content (AvgIpc) is 3.25. The van der Waals surface area contributed by atoms with Crippen LogP contribution in [0.25, 0.3) is 0 Å². The number of nitrogens with two attached hydrogens (primary N) is 1. The molecule has 0 aliphatic heterocycles.